The molecule has 4 heteroatoms. The summed E-state index contributed by atoms with van der Waals surface area (Å²) in [5.41, 5.74) is 1.76. The van der Waals surface area contributed by atoms with Gasteiger partial charge in [0.15, 0.2) is 0 Å². The molecule has 1 heterocycles. The fourth-order valence-corrected chi connectivity index (χ4v) is 1.63. The van der Waals surface area contributed by atoms with Crippen LogP contribution in [0.2, 0.25) is 0 Å². The molecule has 1 aromatic heterocycles. The van der Waals surface area contributed by atoms with Crippen molar-refractivity contribution in [3.05, 3.63) is 23.9 Å². The SMILES string of the molecule is C=CCN(C)c1c(CO)c(C)nn1C. The molecule has 0 aliphatic rings. The van der Waals surface area contributed by atoms with Crippen LogP contribution in [0.4, 0.5) is 5.82 Å². The van der Waals surface area contributed by atoms with Crippen LogP contribution in [0, 0.1) is 6.92 Å². The Balaban J connectivity index is 3.10. The van der Waals surface area contributed by atoms with Crippen LogP contribution < -0.4 is 4.90 Å². The highest BCUT2D eigenvalue weighted by Gasteiger charge is 2.14. The molecule has 0 amide bonds. The van der Waals surface area contributed by atoms with Gasteiger partial charge in [-0.1, -0.05) is 6.08 Å². The summed E-state index contributed by atoms with van der Waals surface area (Å²) in [5.74, 6) is 0.949. The van der Waals surface area contributed by atoms with Crippen LogP contribution in [0.25, 0.3) is 0 Å². The van der Waals surface area contributed by atoms with Gasteiger partial charge >= 0.3 is 0 Å². The summed E-state index contributed by atoms with van der Waals surface area (Å²) in [6.07, 6.45) is 1.82. The fourth-order valence-electron chi connectivity index (χ4n) is 1.63. The van der Waals surface area contributed by atoms with E-state index in [0.717, 1.165) is 23.6 Å². The van der Waals surface area contributed by atoms with E-state index in [0.29, 0.717) is 0 Å². The van der Waals surface area contributed by atoms with E-state index >= 15 is 0 Å². The molecule has 0 atom stereocenters. The molecule has 1 rings (SSSR count). The minimum Gasteiger partial charge on any atom is -0.391 e. The van der Waals surface area contributed by atoms with Gasteiger partial charge in [-0.3, -0.25) is 4.68 Å². The van der Waals surface area contributed by atoms with Crippen molar-refractivity contribution >= 4 is 5.82 Å². The van der Waals surface area contributed by atoms with Crippen molar-refractivity contribution < 1.29 is 5.11 Å². The zero-order chi connectivity index (χ0) is 10.7. The predicted molar refractivity (Wildman–Crippen MR) is 57.3 cm³/mol. The quantitative estimate of drug-likeness (QED) is 0.724. The van der Waals surface area contributed by atoms with E-state index in [1.165, 1.54) is 0 Å². The van der Waals surface area contributed by atoms with Crippen molar-refractivity contribution in [2.45, 2.75) is 13.5 Å². The smallest absolute Gasteiger partial charge is 0.132 e. The summed E-state index contributed by atoms with van der Waals surface area (Å²) < 4.78 is 1.78. The molecule has 0 aromatic carbocycles. The van der Waals surface area contributed by atoms with Gasteiger partial charge in [-0.05, 0) is 6.92 Å². The lowest BCUT2D eigenvalue weighted by Crippen LogP contribution is -2.21. The van der Waals surface area contributed by atoms with E-state index < -0.39 is 0 Å². The highest BCUT2D eigenvalue weighted by atomic mass is 16.3. The molecule has 0 saturated carbocycles. The fraction of sp³-hybridized carbons (Fsp3) is 0.500. The Morgan fingerprint density at radius 3 is 2.79 bits per heavy atom. The molecule has 0 spiro atoms. The number of aliphatic hydroxyl groups excluding tert-OH is 1. The van der Waals surface area contributed by atoms with Crippen LogP contribution in [0.1, 0.15) is 11.3 Å². The number of aromatic nitrogens is 2. The topological polar surface area (TPSA) is 41.3 Å². The zero-order valence-corrected chi connectivity index (χ0v) is 8.99. The average molecular weight is 195 g/mol. The molecule has 0 aliphatic carbocycles. The van der Waals surface area contributed by atoms with Crippen LogP contribution in [-0.4, -0.2) is 28.5 Å². The molecule has 0 radical (unpaired) electrons. The third-order valence-electron chi connectivity index (χ3n) is 2.24. The van der Waals surface area contributed by atoms with Gasteiger partial charge in [0.25, 0.3) is 0 Å². The number of nitrogens with zero attached hydrogens (tertiary/aromatic N) is 3. The molecule has 0 unspecified atom stereocenters. The number of likely N-dealkylation sites (N-methyl/N-ethyl adjacent to an activating group) is 1. The van der Waals surface area contributed by atoms with Gasteiger partial charge in [-0.25, -0.2) is 0 Å². The lowest BCUT2D eigenvalue weighted by molar-refractivity contribution is 0.281. The van der Waals surface area contributed by atoms with Crippen LogP contribution >= 0.6 is 0 Å². The molecule has 0 bridgehead atoms. The van der Waals surface area contributed by atoms with E-state index in [-0.39, 0.29) is 6.61 Å². The van der Waals surface area contributed by atoms with E-state index in [1.54, 1.807) is 4.68 Å². The van der Waals surface area contributed by atoms with Gasteiger partial charge < -0.3 is 10.0 Å². The Labute approximate surface area is 84.5 Å². The van der Waals surface area contributed by atoms with E-state index in [1.807, 2.05) is 32.0 Å². The summed E-state index contributed by atoms with van der Waals surface area (Å²) >= 11 is 0. The van der Waals surface area contributed by atoms with Crippen LogP contribution in [0.15, 0.2) is 12.7 Å². The molecule has 0 fully saturated rings. The third kappa shape index (κ3) is 1.80. The van der Waals surface area contributed by atoms with Gasteiger partial charge in [0.1, 0.15) is 5.82 Å². The van der Waals surface area contributed by atoms with Gasteiger partial charge in [0, 0.05) is 26.2 Å². The van der Waals surface area contributed by atoms with Crippen molar-refractivity contribution in [2.24, 2.45) is 7.05 Å². The Morgan fingerprint density at radius 2 is 2.29 bits per heavy atom. The maximum absolute atomic E-state index is 9.22. The van der Waals surface area contributed by atoms with Gasteiger partial charge in [-0.15, -0.1) is 6.58 Å². The molecule has 4 nitrogen and oxygen atoms in total. The van der Waals surface area contributed by atoms with Crippen LogP contribution in [0.3, 0.4) is 0 Å². The van der Waals surface area contributed by atoms with Crippen LogP contribution in [0.5, 0.6) is 0 Å². The Kier molecular flexibility index (Phi) is 3.30. The number of hydrogen-bond acceptors (Lipinski definition) is 3. The zero-order valence-electron chi connectivity index (χ0n) is 8.99. The summed E-state index contributed by atoms with van der Waals surface area (Å²) in [5, 5.41) is 13.5. The van der Waals surface area contributed by atoms with Crippen molar-refractivity contribution in [1.29, 1.82) is 0 Å². The number of aryl methyl sites for hydroxylation is 2. The second-order valence-electron chi connectivity index (χ2n) is 3.34. The highest BCUT2D eigenvalue weighted by Crippen LogP contribution is 2.21. The summed E-state index contributed by atoms with van der Waals surface area (Å²) in [4.78, 5) is 2.01. The summed E-state index contributed by atoms with van der Waals surface area (Å²) in [6, 6.07) is 0. The molecule has 1 N–H and O–H groups in total. The normalized spacial score (nSPS) is 10.3. The number of hydrogen-bond donors (Lipinski definition) is 1. The average Bonchev–Trinajstić information content (AvgIpc) is 2.40. The highest BCUT2D eigenvalue weighted by molar-refractivity contribution is 5.49. The minimum absolute atomic E-state index is 0.0243. The summed E-state index contributed by atoms with van der Waals surface area (Å²) in [7, 11) is 3.83. The van der Waals surface area contributed by atoms with Gasteiger partial charge in [-0.2, -0.15) is 5.10 Å². The Hall–Kier alpha value is -1.29. The van der Waals surface area contributed by atoms with Crippen molar-refractivity contribution in [2.75, 3.05) is 18.5 Å². The van der Waals surface area contributed by atoms with Gasteiger partial charge in [0.2, 0.25) is 0 Å². The maximum Gasteiger partial charge on any atom is 0.132 e. The molecule has 0 aliphatic heterocycles. The monoisotopic (exact) mass is 195 g/mol. The molecule has 78 valence electrons. The van der Waals surface area contributed by atoms with Crippen molar-refractivity contribution in [3.63, 3.8) is 0 Å². The van der Waals surface area contributed by atoms with Gasteiger partial charge in [0.05, 0.1) is 12.3 Å². The minimum atomic E-state index is 0.0243. The largest absolute Gasteiger partial charge is 0.391 e. The van der Waals surface area contributed by atoms with E-state index in [2.05, 4.69) is 11.7 Å². The molecule has 0 saturated heterocycles. The lowest BCUT2D eigenvalue weighted by Gasteiger charge is -2.18. The number of anilines is 1. The Bertz CT molecular complexity index is 330. The standard InChI is InChI=1S/C10H17N3O/c1-5-6-12(3)10-9(7-14)8(2)11-13(10)4/h5,14H,1,6-7H2,2-4H3. The lowest BCUT2D eigenvalue weighted by atomic mass is 10.2. The summed E-state index contributed by atoms with van der Waals surface area (Å²) in [6.45, 7) is 6.35. The van der Waals surface area contributed by atoms with Crippen molar-refractivity contribution in [3.8, 4) is 0 Å². The van der Waals surface area contributed by atoms with E-state index in [9.17, 15) is 5.11 Å². The molecule has 14 heavy (non-hydrogen) atoms. The number of rotatable bonds is 4. The van der Waals surface area contributed by atoms with Crippen molar-refractivity contribution in [1.82, 2.24) is 9.78 Å². The molecule has 1 aromatic rings. The first-order valence-electron chi connectivity index (χ1n) is 4.57. The molecular formula is C10H17N3O. The maximum atomic E-state index is 9.22. The first-order chi connectivity index (χ1) is 6.61. The molecular weight excluding hydrogens is 178 g/mol. The second kappa shape index (κ2) is 4.28. The first kappa shape index (κ1) is 10.8. The number of aliphatic hydroxyl groups is 1. The van der Waals surface area contributed by atoms with Crippen LogP contribution in [-0.2, 0) is 13.7 Å². The first-order valence-corrected chi connectivity index (χ1v) is 4.57. The Morgan fingerprint density at radius 1 is 1.64 bits per heavy atom. The predicted octanol–water partition coefficient (Wildman–Crippen LogP) is 0.843. The second-order valence-corrected chi connectivity index (χ2v) is 3.34. The third-order valence-corrected chi connectivity index (χ3v) is 2.24. The van der Waals surface area contributed by atoms with E-state index in [4.69, 9.17) is 0 Å².